The van der Waals surface area contributed by atoms with Crippen molar-refractivity contribution in [2.75, 3.05) is 6.54 Å². The minimum absolute atomic E-state index is 0.116. The molecule has 1 aromatic heterocycles. The van der Waals surface area contributed by atoms with Crippen molar-refractivity contribution in [1.82, 2.24) is 9.88 Å². The van der Waals surface area contributed by atoms with Crippen molar-refractivity contribution in [1.29, 1.82) is 0 Å². The van der Waals surface area contributed by atoms with E-state index >= 15 is 0 Å². The molecule has 0 unspecified atom stereocenters. The minimum Gasteiger partial charge on any atom is -0.335 e. The Morgan fingerprint density at radius 3 is 2.62 bits per heavy atom. The standard InChI is InChI=1S/C12H18N2O2/c1-4-8-14(9(2)3)12(16)10-6-5-7-11(15)13-10/h5-7,9H,4,8H2,1-3H3,(H,13,15). The molecule has 1 amide bonds. The number of nitrogens with zero attached hydrogens (tertiary/aromatic N) is 1. The van der Waals surface area contributed by atoms with Crippen LogP contribution >= 0.6 is 0 Å². The van der Waals surface area contributed by atoms with Crippen LogP contribution < -0.4 is 5.56 Å². The van der Waals surface area contributed by atoms with Gasteiger partial charge in [0.05, 0.1) is 0 Å². The highest BCUT2D eigenvalue weighted by atomic mass is 16.2. The Balaban J connectivity index is 2.94. The van der Waals surface area contributed by atoms with Crippen molar-refractivity contribution < 1.29 is 4.79 Å². The number of carbonyl (C=O) groups is 1. The largest absolute Gasteiger partial charge is 0.335 e. The predicted octanol–water partition coefficient (Wildman–Crippen LogP) is 1.64. The summed E-state index contributed by atoms with van der Waals surface area (Å²) >= 11 is 0. The summed E-state index contributed by atoms with van der Waals surface area (Å²) in [4.78, 5) is 27.5. The Kier molecular flexibility index (Phi) is 4.28. The molecule has 1 N–H and O–H groups in total. The molecule has 1 heterocycles. The van der Waals surface area contributed by atoms with Gasteiger partial charge in [-0.15, -0.1) is 0 Å². The minimum atomic E-state index is -0.244. The highest BCUT2D eigenvalue weighted by Gasteiger charge is 2.18. The molecule has 0 fully saturated rings. The van der Waals surface area contributed by atoms with Gasteiger partial charge in [-0.3, -0.25) is 9.59 Å². The van der Waals surface area contributed by atoms with Gasteiger partial charge in [-0.25, -0.2) is 0 Å². The van der Waals surface area contributed by atoms with E-state index in [0.717, 1.165) is 6.42 Å². The van der Waals surface area contributed by atoms with Crippen molar-refractivity contribution in [3.63, 3.8) is 0 Å². The van der Waals surface area contributed by atoms with Crippen LogP contribution in [0, 0.1) is 0 Å². The molecule has 0 bridgehead atoms. The van der Waals surface area contributed by atoms with Crippen LogP contribution in [0.25, 0.3) is 0 Å². The molecule has 16 heavy (non-hydrogen) atoms. The van der Waals surface area contributed by atoms with Gasteiger partial charge in [-0.05, 0) is 26.3 Å². The van der Waals surface area contributed by atoms with Gasteiger partial charge in [0.25, 0.3) is 5.91 Å². The van der Waals surface area contributed by atoms with Crippen molar-refractivity contribution in [3.05, 3.63) is 34.2 Å². The Labute approximate surface area is 95.3 Å². The van der Waals surface area contributed by atoms with E-state index in [2.05, 4.69) is 4.98 Å². The number of aromatic amines is 1. The molecule has 1 aromatic rings. The van der Waals surface area contributed by atoms with Gasteiger partial charge in [-0.1, -0.05) is 13.0 Å². The van der Waals surface area contributed by atoms with Gasteiger partial charge in [0.15, 0.2) is 0 Å². The lowest BCUT2D eigenvalue weighted by Gasteiger charge is -2.26. The average molecular weight is 222 g/mol. The fourth-order valence-corrected chi connectivity index (χ4v) is 1.56. The smallest absolute Gasteiger partial charge is 0.270 e. The van der Waals surface area contributed by atoms with Gasteiger partial charge in [-0.2, -0.15) is 0 Å². The Hall–Kier alpha value is -1.58. The van der Waals surface area contributed by atoms with Crippen LogP contribution in [0.2, 0.25) is 0 Å². The monoisotopic (exact) mass is 222 g/mol. The third-order valence-corrected chi connectivity index (χ3v) is 2.35. The van der Waals surface area contributed by atoms with Crippen molar-refractivity contribution in [2.24, 2.45) is 0 Å². The van der Waals surface area contributed by atoms with Crippen LogP contribution in [0.5, 0.6) is 0 Å². The number of hydrogen-bond acceptors (Lipinski definition) is 2. The summed E-state index contributed by atoms with van der Waals surface area (Å²) in [5.41, 5.74) is 0.112. The van der Waals surface area contributed by atoms with E-state index < -0.39 is 0 Å². The second-order valence-corrected chi connectivity index (χ2v) is 4.02. The normalized spacial score (nSPS) is 10.5. The average Bonchev–Trinajstić information content (AvgIpc) is 2.24. The van der Waals surface area contributed by atoms with E-state index in [4.69, 9.17) is 0 Å². The summed E-state index contributed by atoms with van der Waals surface area (Å²) in [6.45, 7) is 6.66. The number of carbonyl (C=O) groups excluding carboxylic acids is 1. The molecule has 88 valence electrons. The zero-order chi connectivity index (χ0) is 12.1. The molecule has 4 heteroatoms. The van der Waals surface area contributed by atoms with E-state index in [1.54, 1.807) is 17.0 Å². The Morgan fingerprint density at radius 2 is 2.12 bits per heavy atom. The molecular formula is C12H18N2O2. The zero-order valence-electron chi connectivity index (χ0n) is 9.99. The van der Waals surface area contributed by atoms with Gasteiger partial charge in [0.2, 0.25) is 5.56 Å². The third-order valence-electron chi connectivity index (χ3n) is 2.35. The molecule has 0 atom stereocenters. The van der Waals surface area contributed by atoms with Crippen LogP contribution in [0.15, 0.2) is 23.0 Å². The summed E-state index contributed by atoms with van der Waals surface area (Å²) in [5.74, 6) is -0.116. The summed E-state index contributed by atoms with van der Waals surface area (Å²) in [6.07, 6.45) is 0.904. The molecule has 0 aliphatic carbocycles. The lowest BCUT2D eigenvalue weighted by molar-refractivity contribution is 0.0699. The summed E-state index contributed by atoms with van der Waals surface area (Å²) in [7, 11) is 0. The van der Waals surface area contributed by atoms with Gasteiger partial charge in [0, 0.05) is 18.7 Å². The maximum Gasteiger partial charge on any atom is 0.270 e. The first-order valence-electron chi connectivity index (χ1n) is 5.56. The van der Waals surface area contributed by atoms with Crippen molar-refractivity contribution in [2.45, 2.75) is 33.2 Å². The van der Waals surface area contributed by atoms with E-state index in [0.29, 0.717) is 12.2 Å². The molecule has 0 aliphatic heterocycles. The summed E-state index contributed by atoms with van der Waals surface area (Å²) in [5, 5.41) is 0. The fraction of sp³-hybridized carbons (Fsp3) is 0.500. The molecule has 0 aromatic carbocycles. The molecule has 1 rings (SSSR count). The van der Waals surface area contributed by atoms with Crippen LogP contribution in [-0.2, 0) is 0 Å². The maximum absolute atomic E-state index is 12.1. The van der Waals surface area contributed by atoms with Gasteiger partial charge in [0.1, 0.15) is 5.69 Å². The third kappa shape index (κ3) is 2.95. The first kappa shape index (κ1) is 12.5. The number of hydrogen-bond donors (Lipinski definition) is 1. The van der Waals surface area contributed by atoms with Gasteiger partial charge < -0.3 is 9.88 Å². The second-order valence-electron chi connectivity index (χ2n) is 4.02. The van der Waals surface area contributed by atoms with Crippen LogP contribution in [0.1, 0.15) is 37.7 Å². The lowest BCUT2D eigenvalue weighted by Crippen LogP contribution is -2.38. The molecule has 0 radical (unpaired) electrons. The Bertz CT molecular complexity index is 409. The quantitative estimate of drug-likeness (QED) is 0.842. The van der Waals surface area contributed by atoms with E-state index in [9.17, 15) is 9.59 Å². The first-order valence-corrected chi connectivity index (χ1v) is 5.56. The van der Waals surface area contributed by atoms with Crippen LogP contribution in [0.4, 0.5) is 0 Å². The molecule has 4 nitrogen and oxygen atoms in total. The van der Waals surface area contributed by atoms with Crippen LogP contribution in [-0.4, -0.2) is 28.4 Å². The number of amides is 1. The van der Waals surface area contributed by atoms with E-state index in [-0.39, 0.29) is 17.5 Å². The fourth-order valence-electron chi connectivity index (χ4n) is 1.56. The first-order chi connectivity index (χ1) is 7.56. The molecular weight excluding hydrogens is 204 g/mol. The number of aromatic nitrogens is 1. The van der Waals surface area contributed by atoms with Crippen molar-refractivity contribution >= 4 is 5.91 Å². The lowest BCUT2D eigenvalue weighted by atomic mass is 10.2. The predicted molar refractivity (Wildman–Crippen MR) is 63.5 cm³/mol. The van der Waals surface area contributed by atoms with E-state index in [1.807, 2.05) is 20.8 Å². The number of nitrogens with one attached hydrogen (secondary N) is 1. The second kappa shape index (κ2) is 5.49. The molecule has 0 saturated heterocycles. The topological polar surface area (TPSA) is 53.2 Å². The zero-order valence-corrected chi connectivity index (χ0v) is 9.99. The van der Waals surface area contributed by atoms with Crippen LogP contribution in [0.3, 0.4) is 0 Å². The molecule has 0 spiro atoms. The molecule has 0 saturated carbocycles. The summed E-state index contributed by atoms with van der Waals surface area (Å²) < 4.78 is 0. The van der Waals surface area contributed by atoms with Gasteiger partial charge >= 0.3 is 0 Å². The maximum atomic E-state index is 12.1. The number of H-pyrrole nitrogens is 1. The highest BCUT2D eigenvalue weighted by Crippen LogP contribution is 2.05. The SMILES string of the molecule is CCCN(C(=O)c1cccc(=O)[nH]1)C(C)C. The van der Waals surface area contributed by atoms with E-state index in [1.165, 1.54) is 6.07 Å². The summed E-state index contributed by atoms with van der Waals surface area (Å²) in [6, 6.07) is 4.76. The highest BCUT2D eigenvalue weighted by molar-refractivity contribution is 5.92. The number of pyridine rings is 1. The number of rotatable bonds is 4. The Morgan fingerprint density at radius 1 is 1.44 bits per heavy atom. The van der Waals surface area contributed by atoms with Crippen molar-refractivity contribution in [3.8, 4) is 0 Å². The molecule has 0 aliphatic rings.